The molecule has 0 saturated carbocycles. The summed E-state index contributed by atoms with van der Waals surface area (Å²) in [6, 6.07) is 7.12. The van der Waals surface area contributed by atoms with Crippen molar-refractivity contribution < 1.29 is 4.79 Å². The average Bonchev–Trinajstić information content (AvgIpc) is 2.06. The third-order valence-electron chi connectivity index (χ3n) is 1.43. The van der Waals surface area contributed by atoms with Gasteiger partial charge in [0.1, 0.15) is 0 Å². The van der Waals surface area contributed by atoms with Gasteiger partial charge < -0.3 is 4.85 Å². The Morgan fingerprint density at radius 2 is 2.18 bits per heavy atom. The van der Waals surface area contributed by atoms with Crippen LogP contribution >= 0.6 is 0 Å². The van der Waals surface area contributed by atoms with E-state index in [-0.39, 0.29) is 6.54 Å². The summed E-state index contributed by atoms with van der Waals surface area (Å²) >= 11 is 0. The highest BCUT2D eigenvalue weighted by molar-refractivity contribution is 5.77. The number of carbonyl (C=O) groups is 1. The van der Waals surface area contributed by atoms with Gasteiger partial charge in [0, 0.05) is 11.1 Å². The van der Waals surface area contributed by atoms with E-state index in [0.29, 0.717) is 5.56 Å². The topological polar surface area (TPSA) is 21.4 Å². The number of hydrogen-bond acceptors (Lipinski definition) is 1. The molecule has 0 fully saturated rings. The van der Waals surface area contributed by atoms with E-state index in [1.165, 1.54) is 0 Å². The largest absolute Gasteiger partial charge is 0.312 e. The SMILES string of the molecule is [C-]#[N+]Cc1ccccc1C=O. The fourth-order valence-corrected chi connectivity index (χ4v) is 0.878. The van der Waals surface area contributed by atoms with E-state index in [0.717, 1.165) is 11.8 Å². The first-order valence-electron chi connectivity index (χ1n) is 3.25. The van der Waals surface area contributed by atoms with Gasteiger partial charge in [-0.2, -0.15) is 0 Å². The van der Waals surface area contributed by atoms with Gasteiger partial charge in [-0.25, -0.2) is 6.57 Å². The van der Waals surface area contributed by atoms with Gasteiger partial charge in [0.25, 0.3) is 0 Å². The summed E-state index contributed by atoms with van der Waals surface area (Å²) < 4.78 is 0. The fourth-order valence-electron chi connectivity index (χ4n) is 0.878. The van der Waals surface area contributed by atoms with Crippen LogP contribution in [0, 0.1) is 6.57 Å². The van der Waals surface area contributed by atoms with E-state index in [4.69, 9.17) is 6.57 Å². The van der Waals surface area contributed by atoms with Crippen LogP contribution in [0.3, 0.4) is 0 Å². The van der Waals surface area contributed by atoms with Gasteiger partial charge in [0.2, 0.25) is 6.54 Å². The molecular formula is C9H7NO. The third kappa shape index (κ3) is 1.65. The van der Waals surface area contributed by atoms with Crippen molar-refractivity contribution >= 4 is 6.29 Å². The highest BCUT2D eigenvalue weighted by Gasteiger charge is 2.00. The monoisotopic (exact) mass is 145 g/mol. The first kappa shape index (κ1) is 7.49. The first-order valence-corrected chi connectivity index (χ1v) is 3.25. The minimum atomic E-state index is 0.287. The van der Waals surface area contributed by atoms with Crippen molar-refractivity contribution in [3.05, 3.63) is 46.8 Å². The maximum absolute atomic E-state index is 10.4. The van der Waals surface area contributed by atoms with Gasteiger partial charge in [-0.05, 0) is 0 Å². The summed E-state index contributed by atoms with van der Waals surface area (Å²) in [6.07, 6.45) is 0.778. The predicted octanol–water partition coefficient (Wildman–Crippen LogP) is 1.92. The fraction of sp³-hybridized carbons (Fsp3) is 0.111. The Hall–Kier alpha value is -1.62. The molecule has 0 atom stereocenters. The number of nitrogens with zero attached hydrogens (tertiary/aromatic N) is 1. The molecule has 0 bridgehead atoms. The molecule has 0 aromatic heterocycles. The van der Waals surface area contributed by atoms with Crippen molar-refractivity contribution in [2.75, 3.05) is 0 Å². The minimum Gasteiger partial charge on any atom is -0.312 e. The Morgan fingerprint density at radius 3 is 2.82 bits per heavy atom. The number of rotatable bonds is 2. The Kier molecular flexibility index (Phi) is 2.40. The molecule has 1 rings (SSSR count). The lowest BCUT2D eigenvalue weighted by Crippen LogP contribution is -1.88. The number of carbonyl (C=O) groups excluding carboxylic acids is 1. The Morgan fingerprint density at radius 1 is 1.45 bits per heavy atom. The zero-order valence-electron chi connectivity index (χ0n) is 5.95. The molecule has 0 radical (unpaired) electrons. The maximum atomic E-state index is 10.4. The van der Waals surface area contributed by atoms with Gasteiger partial charge in [0.05, 0.1) is 0 Å². The Balaban J connectivity index is 3.04. The molecular weight excluding hydrogens is 138 g/mol. The molecule has 0 saturated heterocycles. The molecule has 11 heavy (non-hydrogen) atoms. The minimum absolute atomic E-state index is 0.287. The molecule has 0 aliphatic rings. The summed E-state index contributed by atoms with van der Waals surface area (Å²) in [5.74, 6) is 0. The second-order valence-electron chi connectivity index (χ2n) is 2.13. The van der Waals surface area contributed by atoms with Gasteiger partial charge >= 0.3 is 0 Å². The van der Waals surface area contributed by atoms with Crippen molar-refractivity contribution in [3.8, 4) is 0 Å². The highest BCUT2D eigenvalue weighted by atomic mass is 16.1. The number of hydrogen-bond donors (Lipinski definition) is 0. The smallest absolute Gasteiger partial charge is 0.240 e. The van der Waals surface area contributed by atoms with E-state index in [9.17, 15) is 4.79 Å². The van der Waals surface area contributed by atoms with Crippen LogP contribution in [0.2, 0.25) is 0 Å². The second-order valence-corrected chi connectivity index (χ2v) is 2.13. The van der Waals surface area contributed by atoms with Gasteiger partial charge in [-0.1, -0.05) is 24.3 Å². The lowest BCUT2D eigenvalue weighted by Gasteiger charge is -1.93. The van der Waals surface area contributed by atoms with Crippen LogP contribution in [0.15, 0.2) is 24.3 Å². The van der Waals surface area contributed by atoms with E-state index < -0.39 is 0 Å². The molecule has 0 heterocycles. The zero-order chi connectivity index (χ0) is 8.10. The van der Waals surface area contributed by atoms with Gasteiger partial charge in [-0.3, -0.25) is 4.79 Å². The van der Waals surface area contributed by atoms with Crippen molar-refractivity contribution in [2.45, 2.75) is 6.54 Å². The van der Waals surface area contributed by atoms with Crippen molar-refractivity contribution in [3.63, 3.8) is 0 Å². The molecule has 2 heteroatoms. The zero-order valence-corrected chi connectivity index (χ0v) is 5.95. The van der Waals surface area contributed by atoms with Crippen LogP contribution < -0.4 is 0 Å². The average molecular weight is 145 g/mol. The third-order valence-corrected chi connectivity index (χ3v) is 1.43. The van der Waals surface area contributed by atoms with Gasteiger partial charge in [0.15, 0.2) is 6.29 Å². The predicted molar refractivity (Wildman–Crippen MR) is 42.1 cm³/mol. The molecule has 1 aromatic carbocycles. The molecule has 2 nitrogen and oxygen atoms in total. The van der Waals surface area contributed by atoms with Crippen LogP contribution in [0.4, 0.5) is 0 Å². The first-order chi connectivity index (χ1) is 5.38. The van der Waals surface area contributed by atoms with E-state index in [1.807, 2.05) is 6.07 Å². The summed E-state index contributed by atoms with van der Waals surface area (Å²) in [7, 11) is 0. The summed E-state index contributed by atoms with van der Waals surface area (Å²) in [5.41, 5.74) is 1.42. The van der Waals surface area contributed by atoms with Gasteiger partial charge in [-0.15, -0.1) is 0 Å². The van der Waals surface area contributed by atoms with Crippen LogP contribution in [-0.2, 0) is 6.54 Å². The van der Waals surface area contributed by atoms with Crippen LogP contribution in [-0.4, -0.2) is 6.29 Å². The Bertz CT molecular complexity index is 299. The van der Waals surface area contributed by atoms with Crippen molar-refractivity contribution in [1.29, 1.82) is 0 Å². The molecule has 0 N–H and O–H groups in total. The second kappa shape index (κ2) is 3.52. The normalized spacial score (nSPS) is 8.64. The van der Waals surface area contributed by atoms with Crippen LogP contribution in [0.5, 0.6) is 0 Å². The standard InChI is InChI=1S/C9H7NO/c1-10-6-8-4-2-3-5-9(8)7-11/h2-5,7H,6H2. The molecule has 0 amide bonds. The molecule has 1 aromatic rings. The Labute approximate surface area is 65.3 Å². The number of benzene rings is 1. The summed E-state index contributed by atoms with van der Waals surface area (Å²) in [4.78, 5) is 13.6. The van der Waals surface area contributed by atoms with E-state index in [2.05, 4.69) is 4.85 Å². The molecule has 0 spiro atoms. The van der Waals surface area contributed by atoms with Crippen LogP contribution in [0.25, 0.3) is 4.85 Å². The summed E-state index contributed by atoms with van der Waals surface area (Å²) in [6.45, 7) is 6.91. The molecule has 0 aliphatic heterocycles. The number of aldehydes is 1. The highest BCUT2D eigenvalue weighted by Crippen LogP contribution is 2.06. The molecule has 0 aliphatic carbocycles. The van der Waals surface area contributed by atoms with E-state index >= 15 is 0 Å². The lowest BCUT2D eigenvalue weighted by molar-refractivity contribution is 0.112. The lowest BCUT2D eigenvalue weighted by atomic mass is 10.1. The quantitative estimate of drug-likeness (QED) is 0.460. The van der Waals surface area contributed by atoms with E-state index in [1.54, 1.807) is 18.2 Å². The molecule has 54 valence electrons. The summed E-state index contributed by atoms with van der Waals surface area (Å²) in [5, 5.41) is 0. The maximum Gasteiger partial charge on any atom is 0.240 e. The van der Waals surface area contributed by atoms with Crippen molar-refractivity contribution in [1.82, 2.24) is 0 Å². The van der Waals surface area contributed by atoms with Crippen molar-refractivity contribution in [2.24, 2.45) is 0 Å². The van der Waals surface area contributed by atoms with Crippen LogP contribution in [0.1, 0.15) is 15.9 Å². The molecule has 0 unspecified atom stereocenters.